The molecule has 0 heterocycles. The van der Waals surface area contributed by atoms with Crippen molar-refractivity contribution in [1.82, 2.24) is 0 Å². The van der Waals surface area contributed by atoms with Gasteiger partial charge in [-0.1, -0.05) is 30.3 Å². The molecule has 0 amide bonds. The predicted octanol–water partition coefficient (Wildman–Crippen LogP) is 1.36. The van der Waals surface area contributed by atoms with Crippen LogP contribution in [0.3, 0.4) is 0 Å². The van der Waals surface area contributed by atoms with Crippen molar-refractivity contribution < 1.29 is 5.11 Å². The Labute approximate surface area is 73.3 Å². The molecule has 0 spiro atoms. The smallest absolute Gasteiger partial charge is 0.0761 e. The van der Waals surface area contributed by atoms with E-state index >= 15 is 0 Å². The molecule has 1 atom stereocenters. The third-order valence-corrected chi connectivity index (χ3v) is 1.28. The van der Waals surface area contributed by atoms with Crippen molar-refractivity contribution in [3.63, 3.8) is 0 Å². The number of hydrogen-bond acceptors (Lipinski definition) is 1. The minimum absolute atomic E-state index is 0. The summed E-state index contributed by atoms with van der Waals surface area (Å²) in [6.45, 7) is 1.76. The van der Waals surface area contributed by atoms with Crippen LogP contribution in [0.15, 0.2) is 30.3 Å². The van der Waals surface area contributed by atoms with E-state index < -0.39 is 0 Å². The zero-order valence-electron chi connectivity index (χ0n) is 6.41. The van der Waals surface area contributed by atoms with Crippen molar-refractivity contribution >= 4 is 18.9 Å². The molecule has 0 saturated heterocycles. The van der Waals surface area contributed by atoms with E-state index in [1.807, 2.05) is 30.3 Å². The van der Waals surface area contributed by atoms with Crippen LogP contribution >= 0.6 is 0 Å². The first-order chi connectivity index (χ1) is 4.30. The van der Waals surface area contributed by atoms with E-state index in [4.69, 9.17) is 5.11 Å². The molecule has 1 radical (unpaired) electrons. The summed E-state index contributed by atoms with van der Waals surface area (Å²) in [5.74, 6) is 0. The molecule has 2 heteroatoms. The fourth-order valence-electron chi connectivity index (χ4n) is 0.732. The van der Waals surface area contributed by atoms with Gasteiger partial charge in [-0.2, -0.15) is 0 Å². The minimum atomic E-state index is -0.341. The van der Waals surface area contributed by atoms with Gasteiger partial charge < -0.3 is 5.11 Å². The Morgan fingerprint density at radius 1 is 1.20 bits per heavy atom. The molecule has 1 aromatic carbocycles. The molecule has 1 N–H and O–H groups in total. The minimum Gasteiger partial charge on any atom is -0.389 e. The normalized spacial score (nSPS) is 11.8. The van der Waals surface area contributed by atoms with E-state index in [2.05, 4.69) is 0 Å². The van der Waals surface area contributed by atoms with Crippen LogP contribution in [0.4, 0.5) is 0 Å². The van der Waals surface area contributed by atoms with E-state index in [9.17, 15) is 0 Å². The van der Waals surface area contributed by atoms with Crippen molar-refractivity contribution in [2.75, 3.05) is 0 Å². The number of hydrogen-bond donors (Lipinski definition) is 1. The Bertz CT molecular complexity index is 172. The monoisotopic (exact) mass is 129 g/mol. The predicted molar refractivity (Wildman–Crippen MR) is 42.8 cm³/mol. The maximum absolute atomic E-state index is 9.02. The van der Waals surface area contributed by atoms with Crippen molar-refractivity contribution in [3.8, 4) is 0 Å². The third-order valence-electron chi connectivity index (χ3n) is 1.28. The quantitative estimate of drug-likeness (QED) is 0.567. The zero-order chi connectivity index (χ0) is 6.69. The van der Waals surface area contributed by atoms with Crippen molar-refractivity contribution in [3.05, 3.63) is 35.9 Å². The molecular weight excluding hydrogens is 119 g/mol. The van der Waals surface area contributed by atoms with E-state index in [-0.39, 0.29) is 25.0 Å². The molecule has 1 unspecified atom stereocenters. The summed E-state index contributed by atoms with van der Waals surface area (Å²) >= 11 is 0. The Balaban J connectivity index is 0.000000810. The summed E-state index contributed by atoms with van der Waals surface area (Å²) in [5.41, 5.74) is 0.970. The van der Waals surface area contributed by atoms with Crippen LogP contribution in [0.1, 0.15) is 18.6 Å². The van der Waals surface area contributed by atoms with Crippen LogP contribution < -0.4 is 0 Å². The second kappa shape index (κ2) is 4.57. The average Bonchev–Trinajstić information content (AvgIpc) is 1.90. The number of aliphatic hydroxyl groups excluding tert-OH is 1. The van der Waals surface area contributed by atoms with Gasteiger partial charge in [0.15, 0.2) is 0 Å². The number of benzene rings is 1. The molecule has 0 aliphatic carbocycles. The van der Waals surface area contributed by atoms with Gasteiger partial charge in [0.05, 0.1) is 6.10 Å². The Morgan fingerprint density at radius 3 is 2.00 bits per heavy atom. The fraction of sp³-hybridized carbons (Fsp3) is 0.250. The van der Waals surface area contributed by atoms with Gasteiger partial charge >= 0.3 is 0 Å². The second-order valence-corrected chi connectivity index (χ2v) is 2.09. The Morgan fingerprint density at radius 2 is 1.70 bits per heavy atom. The number of rotatable bonds is 1. The van der Waals surface area contributed by atoms with Gasteiger partial charge in [0.25, 0.3) is 0 Å². The van der Waals surface area contributed by atoms with E-state index in [0.717, 1.165) is 5.56 Å². The molecule has 0 fully saturated rings. The second-order valence-electron chi connectivity index (χ2n) is 2.09. The Hall–Kier alpha value is -0.223. The SMILES string of the molecule is CC(O)c1ccccc1.[Li]. The summed E-state index contributed by atoms with van der Waals surface area (Å²) in [4.78, 5) is 0. The van der Waals surface area contributed by atoms with Crippen LogP contribution in [0.25, 0.3) is 0 Å². The van der Waals surface area contributed by atoms with Crippen LogP contribution in [-0.4, -0.2) is 24.0 Å². The van der Waals surface area contributed by atoms with Gasteiger partial charge in [0.1, 0.15) is 0 Å². The van der Waals surface area contributed by atoms with Gasteiger partial charge in [-0.05, 0) is 12.5 Å². The Kier molecular flexibility index (Phi) is 4.47. The first-order valence-corrected chi connectivity index (χ1v) is 3.03. The first-order valence-electron chi connectivity index (χ1n) is 3.03. The zero-order valence-corrected chi connectivity index (χ0v) is 6.41. The van der Waals surface area contributed by atoms with Crippen LogP contribution in [0.5, 0.6) is 0 Å². The van der Waals surface area contributed by atoms with Crippen LogP contribution in [0, 0.1) is 0 Å². The summed E-state index contributed by atoms with van der Waals surface area (Å²) < 4.78 is 0. The van der Waals surface area contributed by atoms with Crippen LogP contribution in [-0.2, 0) is 0 Å². The molecule has 0 aliphatic heterocycles. The summed E-state index contributed by atoms with van der Waals surface area (Å²) in [6, 6.07) is 9.59. The summed E-state index contributed by atoms with van der Waals surface area (Å²) in [7, 11) is 0. The molecule has 0 bridgehead atoms. The maximum atomic E-state index is 9.02. The van der Waals surface area contributed by atoms with Gasteiger partial charge in [-0.3, -0.25) is 0 Å². The van der Waals surface area contributed by atoms with Gasteiger partial charge in [0.2, 0.25) is 0 Å². The summed E-state index contributed by atoms with van der Waals surface area (Å²) in [5, 5.41) is 9.02. The van der Waals surface area contributed by atoms with E-state index in [1.54, 1.807) is 6.92 Å². The van der Waals surface area contributed by atoms with Crippen molar-refractivity contribution in [1.29, 1.82) is 0 Å². The van der Waals surface area contributed by atoms with E-state index in [1.165, 1.54) is 0 Å². The van der Waals surface area contributed by atoms with Gasteiger partial charge in [0, 0.05) is 18.9 Å². The average molecular weight is 129 g/mol. The van der Waals surface area contributed by atoms with Gasteiger partial charge in [-0.25, -0.2) is 0 Å². The molecule has 1 aromatic rings. The largest absolute Gasteiger partial charge is 0.389 e. The molecular formula is C8H10LiO. The van der Waals surface area contributed by atoms with Crippen LogP contribution in [0.2, 0.25) is 0 Å². The first kappa shape index (κ1) is 9.78. The fourth-order valence-corrected chi connectivity index (χ4v) is 0.732. The molecule has 0 aromatic heterocycles. The molecule has 0 saturated carbocycles. The van der Waals surface area contributed by atoms with Crippen molar-refractivity contribution in [2.24, 2.45) is 0 Å². The molecule has 10 heavy (non-hydrogen) atoms. The number of aliphatic hydroxyl groups is 1. The standard InChI is InChI=1S/C8H10O.Li/c1-7(9)8-5-3-2-4-6-8;/h2-7,9H,1H3;. The van der Waals surface area contributed by atoms with Crippen molar-refractivity contribution in [2.45, 2.75) is 13.0 Å². The maximum Gasteiger partial charge on any atom is 0.0761 e. The molecule has 1 rings (SSSR count). The van der Waals surface area contributed by atoms with E-state index in [0.29, 0.717) is 0 Å². The topological polar surface area (TPSA) is 20.2 Å². The molecule has 0 aliphatic rings. The molecule has 1 nitrogen and oxygen atoms in total. The third kappa shape index (κ3) is 2.58. The summed E-state index contributed by atoms with van der Waals surface area (Å²) in [6.07, 6.45) is -0.341. The molecule has 49 valence electrons. The van der Waals surface area contributed by atoms with Gasteiger partial charge in [-0.15, -0.1) is 0 Å².